The molecular formula is C15H23NO2S. The molecule has 0 aliphatic heterocycles. The van der Waals surface area contributed by atoms with E-state index in [-0.39, 0.29) is 23.8 Å². The normalized spacial score (nSPS) is 19.3. The van der Waals surface area contributed by atoms with Gasteiger partial charge in [-0.25, -0.2) is 0 Å². The number of amides is 1. The Morgan fingerprint density at radius 1 is 1.53 bits per heavy atom. The molecule has 0 unspecified atom stereocenters. The molecule has 1 aliphatic carbocycles. The van der Waals surface area contributed by atoms with E-state index in [9.17, 15) is 9.90 Å². The van der Waals surface area contributed by atoms with Crippen molar-refractivity contribution in [2.24, 2.45) is 5.41 Å². The SMILES string of the molecule is C[C@H](C(=O)NCC1(CCO)CCCC1)c1cccs1. The van der Waals surface area contributed by atoms with Crippen LogP contribution in [0.15, 0.2) is 17.5 Å². The molecule has 1 fully saturated rings. The summed E-state index contributed by atoms with van der Waals surface area (Å²) in [6, 6.07) is 3.99. The summed E-state index contributed by atoms with van der Waals surface area (Å²) in [5, 5.41) is 14.3. The van der Waals surface area contributed by atoms with Gasteiger partial charge in [0.15, 0.2) is 0 Å². The molecule has 1 amide bonds. The molecule has 19 heavy (non-hydrogen) atoms. The van der Waals surface area contributed by atoms with Crippen molar-refractivity contribution in [2.45, 2.75) is 44.9 Å². The Bertz CT molecular complexity index is 396. The maximum Gasteiger partial charge on any atom is 0.228 e. The molecule has 0 radical (unpaired) electrons. The molecule has 0 aromatic carbocycles. The predicted octanol–water partition coefficient (Wildman–Crippen LogP) is 2.91. The van der Waals surface area contributed by atoms with E-state index in [1.165, 1.54) is 12.8 Å². The van der Waals surface area contributed by atoms with Crippen molar-refractivity contribution in [3.63, 3.8) is 0 Å². The van der Waals surface area contributed by atoms with Gasteiger partial charge in [-0.1, -0.05) is 18.9 Å². The summed E-state index contributed by atoms with van der Waals surface area (Å²) >= 11 is 1.63. The second-order valence-corrected chi connectivity index (χ2v) is 6.61. The summed E-state index contributed by atoms with van der Waals surface area (Å²) in [4.78, 5) is 13.3. The molecule has 1 aliphatic rings. The van der Waals surface area contributed by atoms with Crippen molar-refractivity contribution in [2.75, 3.05) is 13.2 Å². The van der Waals surface area contributed by atoms with Gasteiger partial charge in [-0.3, -0.25) is 4.79 Å². The highest BCUT2D eigenvalue weighted by Gasteiger charge is 2.33. The molecule has 106 valence electrons. The standard InChI is InChI=1S/C15H23NO2S/c1-12(13-5-4-10-19-13)14(18)16-11-15(8-9-17)6-2-3-7-15/h4-5,10,12,17H,2-3,6-9,11H2,1H3,(H,16,18)/t12-/m0/s1. The van der Waals surface area contributed by atoms with E-state index in [1.54, 1.807) is 11.3 Å². The minimum Gasteiger partial charge on any atom is -0.396 e. The Morgan fingerprint density at radius 2 is 2.26 bits per heavy atom. The van der Waals surface area contributed by atoms with Gasteiger partial charge in [-0.05, 0) is 43.0 Å². The number of rotatable bonds is 6. The maximum absolute atomic E-state index is 12.2. The smallest absolute Gasteiger partial charge is 0.228 e. The van der Waals surface area contributed by atoms with Gasteiger partial charge in [0.25, 0.3) is 0 Å². The molecule has 1 aromatic heterocycles. The lowest BCUT2D eigenvalue weighted by molar-refractivity contribution is -0.122. The van der Waals surface area contributed by atoms with Crippen molar-refractivity contribution in [3.05, 3.63) is 22.4 Å². The Hall–Kier alpha value is -0.870. The molecule has 1 atom stereocenters. The van der Waals surface area contributed by atoms with Crippen LogP contribution in [0.5, 0.6) is 0 Å². The Morgan fingerprint density at radius 3 is 2.84 bits per heavy atom. The molecule has 1 heterocycles. The summed E-state index contributed by atoms with van der Waals surface area (Å²) in [7, 11) is 0. The second-order valence-electron chi connectivity index (χ2n) is 5.64. The third kappa shape index (κ3) is 3.57. The number of carbonyl (C=O) groups is 1. The van der Waals surface area contributed by atoms with Gasteiger partial charge >= 0.3 is 0 Å². The molecule has 2 rings (SSSR count). The van der Waals surface area contributed by atoms with Crippen LogP contribution in [0.25, 0.3) is 0 Å². The van der Waals surface area contributed by atoms with Gasteiger partial charge in [-0.2, -0.15) is 0 Å². The van der Waals surface area contributed by atoms with E-state index < -0.39 is 0 Å². The quantitative estimate of drug-likeness (QED) is 0.842. The largest absolute Gasteiger partial charge is 0.396 e. The van der Waals surface area contributed by atoms with Crippen molar-refractivity contribution in [3.8, 4) is 0 Å². The van der Waals surface area contributed by atoms with Gasteiger partial charge in [0.05, 0.1) is 5.92 Å². The van der Waals surface area contributed by atoms with Crippen LogP contribution in [0.1, 0.15) is 49.8 Å². The van der Waals surface area contributed by atoms with E-state index in [1.807, 2.05) is 24.4 Å². The van der Waals surface area contributed by atoms with Crippen molar-refractivity contribution in [1.29, 1.82) is 0 Å². The number of thiophene rings is 1. The first-order valence-corrected chi connectivity index (χ1v) is 7.97. The van der Waals surface area contributed by atoms with Crippen LogP contribution in [0.3, 0.4) is 0 Å². The predicted molar refractivity (Wildman–Crippen MR) is 78.3 cm³/mol. The van der Waals surface area contributed by atoms with Crippen LogP contribution in [0.2, 0.25) is 0 Å². The highest BCUT2D eigenvalue weighted by Crippen LogP contribution is 2.40. The minimum absolute atomic E-state index is 0.0763. The van der Waals surface area contributed by atoms with E-state index in [4.69, 9.17) is 0 Å². The molecule has 0 saturated heterocycles. The maximum atomic E-state index is 12.2. The lowest BCUT2D eigenvalue weighted by Gasteiger charge is -2.29. The van der Waals surface area contributed by atoms with Crippen molar-refractivity contribution < 1.29 is 9.90 Å². The number of nitrogens with one attached hydrogen (secondary N) is 1. The summed E-state index contributed by atoms with van der Waals surface area (Å²) in [6.07, 6.45) is 5.50. The number of hydrogen-bond acceptors (Lipinski definition) is 3. The van der Waals surface area contributed by atoms with E-state index in [0.29, 0.717) is 6.54 Å². The highest BCUT2D eigenvalue weighted by molar-refractivity contribution is 7.10. The van der Waals surface area contributed by atoms with Gasteiger partial charge in [-0.15, -0.1) is 11.3 Å². The van der Waals surface area contributed by atoms with Gasteiger partial charge in [0, 0.05) is 18.0 Å². The first kappa shape index (κ1) is 14.5. The fraction of sp³-hybridized carbons (Fsp3) is 0.667. The zero-order valence-corrected chi connectivity index (χ0v) is 12.3. The first-order valence-electron chi connectivity index (χ1n) is 7.09. The highest BCUT2D eigenvalue weighted by atomic mass is 32.1. The number of aliphatic hydroxyl groups excluding tert-OH is 1. The molecule has 1 aromatic rings. The van der Waals surface area contributed by atoms with Crippen molar-refractivity contribution >= 4 is 17.2 Å². The fourth-order valence-electron chi connectivity index (χ4n) is 2.97. The summed E-state index contributed by atoms with van der Waals surface area (Å²) < 4.78 is 0. The summed E-state index contributed by atoms with van der Waals surface area (Å²) in [6.45, 7) is 2.88. The number of aliphatic hydroxyl groups is 1. The van der Waals surface area contributed by atoms with E-state index in [0.717, 1.165) is 24.1 Å². The first-order chi connectivity index (χ1) is 9.17. The molecule has 3 nitrogen and oxygen atoms in total. The van der Waals surface area contributed by atoms with E-state index >= 15 is 0 Å². The van der Waals surface area contributed by atoms with Crippen LogP contribution in [0.4, 0.5) is 0 Å². The molecule has 1 saturated carbocycles. The van der Waals surface area contributed by atoms with Crippen LogP contribution in [0, 0.1) is 5.41 Å². The monoisotopic (exact) mass is 281 g/mol. The average Bonchev–Trinajstić information content (AvgIpc) is 3.07. The molecular weight excluding hydrogens is 258 g/mol. The van der Waals surface area contributed by atoms with Gasteiger partial charge in [0.2, 0.25) is 5.91 Å². The second kappa shape index (κ2) is 6.53. The third-order valence-corrected chi connectivity index (χ3v) is 5.36. The van der Waals surface area contributed by atoms with Crippen LogP contribution in [-0.2, 0) is 4.79 Å². The zero-order chi connectivity index (χ0) is 13.7. The molecule has 2 N–H and O–H groups in total. The molecule has 4 heteroatoms. The average molecular weight is 281 g/mol. The minimum atomic E-state index is -0.0763. The Balaban J connectivity index is 1.88. The lowest BCUT2D eigenvalue weighted by Crippen LogP contribution is -2.38. The topological polar surface area (TPSA) is 49.3 Å². The van der Waals surface area contributed by atoms with Crippen LogP contribution in [-0.4, -0.2) is 24.2 Å². The molecule has 0 bridgehead atoms. The van der Waals surface area contributed by atoms with E-state index in [2.05, 4.69) is 5.32 Å². The van der Waals surface area contributed by atoms with Crippen molar-refractivity contribution in [1.82, 2.24) is 5.32 Å². The van der Waals surface area contributed by atoms with Crippen LogP contribution < -0.4 is 5.32 Å². The Kier molecular flexibility index (Phi) is 4.99. The van der Waals surface area contributed by atoms with Crippen LogP contribution >= 0.6 is 11.3 Å². The lowest BCUT2D eigenvalue weighted by atomic mass is 9.83. The number of hydrogen-bond donors (Lipinski definition) is 2. The third-order valence-electron chi connectivity index (χ3n) is 4.31. The fourth-order valence-corrected chi connectivity index (χ4v) is 3.75. The summed E-state index contributed by atoms with van der Waals surface area (Å²) in [5.74, 6) is 0.0271. The summed E-state index contributed by atoms with van der Waals surface area (Å²) in [5.41, 5.74) is 0.138. The zero-order valence-electron chi connectivity index (χ0n) is 11.5. The Labute approximate surface area is 119 Å². The van der Waals surface area contributed by atoms with Gasteiger partial charge in [0.1, 0.15) is 0 Å². The molecule has 0 spiro atoms. The van der Waals surface area contributed by atoms with Gasteiger partial charge < -0.3 is 10.4 Å². The number of carbonyl (C=O) groups excluding carboxylic acids is 1.